The highest BCUT2D eigenvalue weighted by molar-refractivity contribution is 5.82. The van der Waals surface area contributed by atoms with Gasteiger partial charge in [-0.3, -0.25) is 4.79 Å². The van der Waals surface area contributed by atoms with Crippen molar-refractivity contribution in [3.05, 3.63) is 35.4 Å². The summed E-state index contributed by atoms with van der Waals surface area (Å²) in [6, 6.07) is 3.39. The molecule has 1 aliphatic carbocycles. The molecule has 1 aliphatic rings. The van der Waals surface area contributed by atoms with E-state index in [-0.39, 0.29) is 30.9 Å². The molecule has 0 radical (unpaired) electrons. The van der Waals surface area contributed by atoms with Gasteiger partial charge in [0.05, 0.1) is 12.7 Å². The maximum atomic E-state index is 13.6. The third kappa shape index (κ3) is 3.52. The summed E-state index contributed by atoms with van der Waals surface area (Å²) in [4.78, 5) is 11.8. The van der Waals surface area contributed by atoms with E-state index in [0.29, 0.717) is 12.0 Å². The number of aliphatic hydroxyl groups is 1. The molecule has 0 aliphatic heterocycles. The molecule has 1 saturated carbocycles. The molecule has 6 heteroatoms. The number of hydrogen-bond donors (Lipinski definition) is 2. The van der Waals surface area contributed by atoms with Crippen LogP contribution in [0.3, 0.4) is 0 Å². The SMILES string of the molecule is COCC(O)CNC(=O)C1CC1c1ccc(F)cc1F. The molecule has 0 spiro atoms. The summed E-state index contributed by atoms with van der Waals surface area (Å²) < 4.78 is 31.1. The monoisotopic (exact) mass is 285 g/mol. The van der Waals surface area contributed by atoms with Crippen LogP contribution in [0.1, 0.15) is 17.9 Å². The van der Waals surface area contributed by atoms with Crippen molar-refractivity contribution < 1.29 is 23.4 Å². The third-order valence-electron chi connectivity index (χ3n) is 3.36. The fourth-order valence-corrected chi connectivity index (χ4v) is 2.23. The zero-order valence-electron chi connectivity index (χ0n) is 11.1. The van der Waals surface area contributed by atoms with E-state index in [2.05, 4.69) is 5.32 Å². The van der Waals surface area contributed by atoms with E-state index in [9.17, 15) is 18.7 Å². The lowest BCUT2D eigenvalue weighted by Gasteiger charge is -2.10. The summed E-state index contributed by atoms with van der Waals surface area (Å²) in [6.45, 7) is 0.239. The topological polar surface area (TPSA) is 58.6 Å². The summed E-state index contributed by atoms with van der Waals surface area (Å²) in [5.41, 5.74) is 0.365. The van der Waals surface area contributed by atoms with Gasteiger partial charge in [-0.15, -0.1) is 0 Å². The van der Waals surface area contributed by atoms with Gasteiger partial charge in [-0.05, 0) is 24.0 Å². The van der Waals surface area contributed by atoms with Crippen molar-refractivity contribution in [2.75, 3.05) is 20.3 Å². The predicted molar refractivity (Wildman–Crippen MR) is 68.1 cm³/mol. The molecule has 110 valence electrons. The van der Waals surface area contributed by atoms with Crippen LogP contribution in [0, 0.1) is 17.6 Å². The largest absolute Gasteiger partial charge is 0.389 e. The third-order valence-corrected chi connectivity index (χ3v) is 3.36. The lowest BCUT2D eigenvalue weighted by molar-refractivity contribution is -0.123. The summed E-state index contributed by atoms with van der Waals surface area (Å²) in [5, 5.41) is 12.0. The number of rotatable bonds is 6. The van der Waals surface area contributed by atoms with Crippen LogP contribution < -0.4 is 5.32 Å². The van der Waals surface area contributed by atoms with Crippen LogP contribution in [-0.4, -0.2) is 37.4 Å². The van der Waals surface area contributed by atoms with Crippen LogP contribution in [0.15, 0.2) is 18.2 Å². The molecule has 3 atom stereocenters. The van der Waals surface area contributed by atoms with Gasteiger partial charge in [0.25, 0.3) is 0 Å². The highest BCUT2D eigenvalue weighted by atomic mass is 19.1. The van der Waals surface area contributed by atoms with Crippen molar-refractivity contribution in [2.45, 2.75) is 18.4 Å². The van der Waals surface area contributed by atoms with E-state index in [1.54, 1.807) is 0 Å². The summed E-state index contributed by atoms with van der Waals surface area (Å²) in [7, 11) is 1.46. The Bertz CT molecular complexity index is 495. The first-order chi connectivity index (χ1) is 9.52. The molecular weight excluding hydrogens is 268 g/mol. The number of nitrogens with one attached hydrogen (secondary N) is 1. The fourth-order valence-electron chi connectivity index (χ4n) is 2.23. The van der Waals surface area contributed by atoms with Crippen LogP contribution in [0.25, 0.3) is 0 Å². The number of methoxy groups -OCH3 is 1. The molecule has 0 heterocycles. The van der Waals surface area contributed by atoms with E-state index in [4.69, 9.17) is 4.74 Å². The standard InChI is InChI=1S/C14H17F2NO3/c1-20-7-9(18)6-17-14(19)12-5-11(12)10-3-2-8(15)4-13(10)16/h2-4,9,11-12,18H,5-7H2,1H3,(H,17,19). The zero-order valence-corrected chi connectivity index (χ0v) is 11.1. The van der Waals surface area contributed by atoms with E-state index in [1.807, 2.05) is 0 Å². The normalized spacial score (nSPS) is 22.4. The lowest BCUT2D eigenvalue weighted by atomic mass is 10.1. The maximum absolute atomic E-state index is 13.6. The van der Waals surface area contributed by atoms with Crippen LogP contribution in [-0.2, 0) is 9.53 Å². The van der Waals surface area contributed by atoms with E-state index in [1.165, 1.54) is 19.2 Å². The highest BCUT2D eigenvalue weighted by Gasteiger charge is 2.45. The fraction of sp³-hybridized carbons (Fsp3) is 0.500. The Morgan fingerprint density at radius 3 is 2.95 bits per heavy atom. The minimum atomic E-state index is -0.760. The van der Waals surface area contributed by atoms with Gasteiger partial charge in [0.15, 0.2) is 0 Å². The molecule has 0 saturated heterocycles. The molecule has 1 fully saturated rings. The van der Waals surface area contributed by atoms with Crippen LogP contribution in [0.5, 0.6) is 0 Å². The number of carbonyl (C=O) groups excluding carboxylic acids is 1. The summed E-state index contributed by atoms with van der Waals surface area (Å²) in [6.07, 6.45) is -0.224. The summed E-state index contributed by atoms with van der Waals surface area (Å²) in [5.74, 6) is -2.01. The second kappa shape index (κ2) is 6.28. The Morgan fingerprint density at radius 2 is 2.30 bits per heavy atom. The van der Waals surface area contributed by atoms with Crippen molar-refractivity contribution in [3.8, 4) is 0 Å². The molecule has 4 nitrogen and oxygen atoms in total. The maximum Gasteiger partial charge on any atom is 0.223 e. The Hall–Kier alpha value is -1.53. The van der Waals surface area contributed by atoms with Gasteiger partial charge in [-0.25, -0.2) is 8.78 Å². The van der Waals surface area contributed by atoms with Gasteiger partial charge in [0.2, 0.25) is 5.91 Å². The first kappa shape index (κ1) is 14.9. The Balaban J connectivity index is 1.86. The minimum absolute atomic E-state index is 0.0990. The first-order valence-electron chi connectivity index (χ1n) is 6.42. The average molecular weight is 285 g/mol. The van der Waals surface area contributed by atoms with Crippen molar-refractivity contribution in [3.63, 3.8) is 0 Å². The van der Waals surface area contributed by atoms with Crippen LogP contribution in [0.2, 0.25) is 0 Å². The van der Waals surface area contributed by atoms with Gasteiger partial charge >= 0.3 is 0 Å². The van der Waals surface area contributed by atoms with Crippen molar-refractivity contribution in [2.24, 2.45) is 5.92 Å². The average Bonchev–Trinajstić information content (AvgIpc) is 3.16. The summed E-state index contributed by atoms with van der Waals surface area (Å²) >= 11 is 0. The Morgan fingerprint density at radius 1 is 1.55 bits per heavy atom. The molecule has 0 bridgehead atoms. The van der Waals surface area contributed by atoms with Crippen molar-refractivity contribution in [1.82, 2.24) is 5.32 Å². The number of halogens is 2. The Labute approximate surface area is 115 Å². The Kier molecular flexibility index (Phi) is 4.67. The minimum Gasteiger partial charge on any atom is -0.389 e. The molecular formula is C14H17F2NO3. The lowest BCUT2D eigenvalue weighted by Crippen LogP contribution is -2.35. The van der Waals surface area contributed by atoms with Crippen LogP contribution >= 0.6 is 0 Å². The molecule has 2 N–H and O–H groups in total. The molecule has 2 rings (SSSR count). The highest BCUT2D eigenvalue weighted by Crippen LogP contribution is 2.48. The number of benzene rings is 1. The molecule has 0 aromatic heterocycles. The molecule has 20 heavy (non-hydrogen) atoms. The molecule has 3 unspecified atom stereocenters. The number of amides is 1. The number of carbonyl (C=O) groups is 1. The molecule has 1 aromatic rings. The number of ether oxygens (including phenoxy) is 1. The van der Waals surface area contributed by atoms with Gasteiger partial charge in [0.1, 0.15) is 11.6 Å². The quantitative estimate of drug-likeness (QED) is 0.825. The predicted octanol–water partition coefficient (Wildman–Crippen LogP) is 1.19. The second-order valence-electron chi connectivity index (χ2n) is 4.97. The molecule has 1 aromatic carbocycles. The van der Waals surface area contributed by atoms with Gasteiger partial charge in [-0.1, -0.05) is 6.07 Å². The van der Waals surface area contributed by atoms with Crippen LogP contribution in [0.4, 0.5) is 8.78 Å². The molecule has 1 amide bonds. The van der Waals surface area contributed by atoms with E-state index in [0.717, 1.165) is 6.07 Å². The number of aliphatic hydroxyl groups excluding tert-OH is 1. The van der Waals surface area contributed by atoms with Gasteiger partial charge in [-0.2, -0.15) is 0 Å². The second-order valence-corrected chi connectivity index (χ2v) is 4.97. The zero-order chi connectivity index (χ0) is 14.7. The smallest absolute Gasteiger partial charge is 0.223 e. The van der Waals surface area contributed by atoms with Crippen molar-refractivity contribution >= 4 is 5.91 Å². The van der Waals surface area contributed by atoms with Gasteiger partial charge < -0.3 is 15.2 Å². The van der Waals surface area contributed by atoms with E-state index >= 15 is 0 Å². The van der Waals surface area contributed by atoms with Gasteiger partial charge in [0, 0.05) is 25.6 Å². The van der Waals surface area contributed by atoms with Crippen molar-refractivity contribution in [1.29, 1.82) is 0 Å². The van der Waals surface area contributed by atoms with E-state index < -0.39 is 17.7 Å². The first-order valence-corrected chi connectivity index (χ1v) is 6.42. The number of hydrogen-bond acceptors (Lipinski definition) is 3.